The average molecular weight is 347 g/mol. The van der Waals surface area contributed by atoms with Gasteiger partial charge in [0.2, 0.25) is 0 Å². The predicted octanol–water partition coefficient (Wildman–Crippen LogP) is 4.51. The lowest BCUT2D eigenvalue weighted by atomic mass is 10.0. The molecule has 0 aliphatic rings. The number of thioether (sulfide) groups is 1. The Morgan fingerprint density at radius 2 is 1.88 bits per heavy atom. The van der Waals surface area contributed by atoms with E-state index in [1.807, 2.05) is 37.6 Å². The lowest BCUT2D eigenvalue weighted by Gasteiger charge is -2.20. The maximum absolute atomic E-state index is 4.59. The quantitative estimate of drug-likeness (QED) is 0.435. The molecule has 0 spiro atoms. The van der Waals surface area contributed by atoms with Crippen molar-refractivity contribution in [2.45, 2.75) is 5.16 Å². The Kier molecular flexibility index (Phi) is 4.11. The van der Waals surface area contributed by atoms with E-state index in [1.165, 1.54) is 11.8 Å². The number of nitrogens with zero attached hydrogens (tertiary/aromatic N) is 4. The second kappa shape index (κ2) is 6.57. The number of hydrogen-bond acceptors (Lipinski definition) is 5. The molecule has 124 valence electrons. The van der Waals surface area contributed by atoms with Crippen LogP contribution in [0, 0.1) is 0 Å². The van der Waals surface area contributed by atoms with Crippen molar-refractivity contribution >= 4 is 34.3 Å². The second-order valence-corrected chi connectivity index (χ2v) is 6.39. The third-order valence-electron chi connectivity index (χ3n) is 4.13. The van der Waals surface area contributed by atoms with Crippen molar-refractivity contribution in [3.63, 3.8) is 0 Å². The number of fused-ring (bicyclic) bond motifs is 1. The molecule has 2 aromatic heterocycles. The number of anilines is 2. The molecule has 0 saturated heterocycles. The summed E-state index contributed by atoms with van der Waals surface area (Å²) >= 11 is 1.53. The van der Waals surface area contributed by atoms with Gasteiger partial charge in [-0.15, -0.1) is 0 Å². The number of imidazole rings is 1. The normalized spacial score (nSPS) is 11.0. The molecular weight excluding hydrogens is 330 g/mol. The number of aromatic amines is 1. The van der Waals surface area contributed by atoms with E-state index in [-0.39, 0.29) is 0 Å². The zero-order chi connectivity index (χ0) is 17.2. The smallest absolute Gasteiger partial charge is 0.189 e. The fourth-order valence-electron chi connectivity index (χ4n) is 2.82. The van der Waals surface area contributed by atoms with Crippen molar-refractivity contribution in [3.8, 4) is 11.1 Å². The lowest BCUT2D eigenvalue weighted by molar-refractivity contribution is 0.946. The van der Waals surface area contributed by atoms with Crippen LogP contribution in [-0.4, -0.2) is 33.2 Å². The minimum Gasteiger partial charge on any atom is -0.345 e. The van der Waals surface area contributed by atoms with Crippen molar-refractivity contribution in [3.05, 3.63) is 61.1 Å². The zero-order valence-corrected chi connectivity index (χ0v) is 14.8. The van der Waals surface area contributed by atoms with Crippen LogP contribution in [0.25, 0.3) is 22.2 Å². The summed E-state index contributed by atoms with van der Waals surface area (Å²) in [5, 5.41) is 0.759. The minimum absolute atomic E-state index is 0.759. The van der Waals surface area contributed by atoms with Gasteiger partial charge in [-0.2, -0.15) is 0 Å². The van der Waals surface area contributed by atoms with E-state index in [4.69, 9.17) is 0 Å². The summed E-state index contributed by atoms with van der Waals surface area (Å²) in [6.07, 6.45) is 5.50. The third-order valence-corrected chi connectivity index (χ3v) is 4.69. The summed E-state index contributed by atoms with van der Waals surface area (Å²) in [6, 6.07) is 16.5. The standard InChI is InChI=1S/C19H17N5S/c1-24(17-8-9-20-19(23-17)25-2)14-10-15(13-6-4-3-5-7-13)18-16(11-14)21-12-22-18/h3-12H,1-2H3,(H,21,22). The van der Waals surface area contributed by atoms with Gasteiger partial charge in [0.25, 0.3) is 0 Å². The molecule has 0 unspecified atom stereocenters. The van der Waals surface area contributed by atoms with Crippen LogP contribution in [0.1, 0.15) is 0 Å². The van der Waals surface area contributed by atoms with Gasteiger partial charge in [-0.05, 0) is 30.0 Å². The van der Waals surface area contributed by atoms with Crippen LogP contribution in [-0.2, 0) is 0 Å². The molecule has 0 atom stereocenters. The first-order valence-corrected chi connectivity index (χ1v) is 9.12. The van der Waals surface area contributed by atoms with Crippen LogP contribution in [0.15, 0.2) is 66.2 Å². The maximum atomic E-state index is 4.59. The van der Waals surface area contributed by atoms with Crippen LogP contribution in [0.4, 0.5) is 11.5 Å². The number of aromatic nitrogens is 4. The molecule has 2 heterocycles. The Hall–Kier alpha value is -2.86. The molecule has 0 amide bonds. The number of hydrogen-bond donors (Lipinski definition) is 1. The number of H-pyrrole nitrogens is 1. The highest BCUT2D eigenvalue weighted by atomic mass is 32.2. The first-order chi connectivity index (χ1) is 12.3. The molecular formula is C19H17N5S. The summed E-state index contributed by atoms with van der Waals surface area (Å²) in [5.41, 5.74) is 5.25. The van der Waals surface area contributed by atoms with Gasteiger partial charge >= 0.3 is 0 Å². The highest BCUT2D eigenvalue weighted by molar-refractivity contribution is 7.98. The van der Waals surface area contributed by atoms with Crippen molar-refractivity contribution < 1.29 is 0 Å². The summed E-state index contributed by atoms with van der Waals surface area (Å²) < 4.78 is 0. The van der Waals surface area contributed by atoms with E-state index in [0.29, 0.717) is 0 Å². The molecule has 0 saturated carbocycles. The van der Waals surface area contributed by atoms with Gasteiger partial charge in [0, 0.05) is 24.5 Å². The van der Waals surface area contributed by atoms with Crippen LogP contribution >= 0.6 is 11.8 Å². The minimum atomic E-state index is 0.759. The molecule has 4 aromatic rings. The van der Waals surface area contributed by atoms with Gasteiger partial charge in [0.1, 0.15) is 5.82 Å². The average Bonchev–Trinajstić information content (AvgIpc) is 3.16. The molecule has 0 radical (unpaired) electrons. The van der Waals surface area contributed by atoms with Crippen LogP contribution < -0.4 is 4.90 Å². The van der Waals surface area contributed by atoms with E-state index >= 15 is 0 Å². The first-order valence-electron chi connectivity index (χ1n) is 7.89. The van der Waals surface area contributed by atoms with Crippen molar-refractivity contribution in [2.75, 3.05) is 18.2 Å². The Morgan fingerprint density at radius 1 is 1.04 bits per heavy atom. The van der Waals surface area contributed by atoms with E-state index < -0.39 is 0 Å². The lowest BCUT2D eigenvalue weighted by Crippen LogP contribution is -2.12. The molecule has 4 rings (SSSR count). The van der Waals surface area contributed by atoms with Crippen molar-refractivity contribution in [2.24, 2.45) is 0 Å². The van der Waals surface area contributed by atoms with Gasteiger partial charge in [-0.1, -0.05) is 42.1 Å². The molecule has 2 aromatic carbocycles. The molecule has 25 heavy (non-hydrogen) atoms. The van der Waals surface area contributed by atoms with Gasteiger partial charge in [0.15, 0.2) is 5.16 Å². The van der Waals surface area contributed by atoms with Gasteiger partial charge in [-0.25, -0.2) is 15.0 Å². The number of benzene rings is 2. The third kappa shape index (κ3) is 2.96. The van der Waals surface area contributed by atoms with E-state index in [0.717, 1.165) is 38.8 Å². The fourth-order valence-corrected chi connectivity index (χ4v) is 3.17. The monoisotopic (exact) mass is 347 g/mol. The first kappa shape index (κ1) is 15.7. The summed E-state index contributed by atoms with van der Waals surface area (Å²) in [7, 11) is 2.01. The van der Waals surface area contributed by atoms with E-state index in [1.54, 1.807) is 12.5 Å². The van der Waals surface area contributed by atoms with Crippen LogP contribution in [0.3, 0.4) is 0 Å². The largest absolute Gasteiger partial charge is 0.345 e. The molecule has 1 N–H and O–H groups in total. The van der Waals surface area contributed by atoms with Crippen molar-refractivity contribution in [1.82, 2.24) is 19.9 Å². The van der Waals surface area contributed by atoms with Crippen LogP contribution in [0.5, 0.6) is 0 Å². The zero-order valence-electron chi connectivity index (χ0n) is 14.0. The SMILES string of the molecule is CSc1nccc(N(C)c2cc(-c3ccccc3)c3nc[nH]c3c2)n1. The molecule has 0 aliphatic carbocycles. The number of rotatable bonds is 4. The topological polar surface area (TPSA) is 57.7 Å². The second-order valence-electron chi connectivity index (χ2n) is 5.62. The van der Waals surface area contributed by atoms with Gasteiger partial charge < -0.3 is 9.88 Å². The Morgan fingerprint density at radius 3 is 2.68 bits per heavy atom. The van der Waals surface area contributed by atoms with E-state index in [9.17, 15) is 0 Å². The van der Waals surface area contributed by atoms with Gasteiger partial charge in [0.05, 0.1) is 17.4 Å². The Labute approximate surface area is 150 Å². The summed E-state index contributed by atoms with van der Waals surface area (Å²) in [4.78, 5) is 18.6. The van der Waals surface area contributed by atoms with Crippen LogP contribution in [0.2, 0.25) is 0 Å². The van der Waals surface area contributed by atoms with E-state index in [2.05, 4.69) is 49.1 Å². The molecule has 0 aliphatic heterocycles. The molecule has 0 fully saturated rings. The maximum Gasteiger partial charge on any atom is 0.189 e. The Bertz CT molecular complexity index is 1010. The molecule has 6 heteroatoms. The molecule has 5 nitrogen and oxygen atoms in total. The fraction of sp³-hybridized carbons (Fsp3) is 0.105. The van der Waals surface area contributed by atoms with Crippen molar-refractivity contribution in [1.29, 1.82) is 0 Å². The molecule has 0 bridgehead atoms. The predicted molar refractivity (Wildman–Crippen MR) is 103 cm³/mol. The highest BCUT2D eigenvalue weighted by Gasteiger charge is 2.13. The summed E-state index contributed by atoms with van der Waals surface area (Å²) in [6.45, 7) is 0. The summed E-state index contributed by atoms with van der Waals surface area (Å²) in [5.74, 6) is 0.859. The number of nitrogens with one attached hydrogen (secondary N) is 1. The Balaban J connectivity index is 1.85. The van der Waals surface area contributed by atoms with Gasteiger partial charge in [-0.3, -0.25) is 0 Å². The highest BCUT2D eigenvalue weighted by Crippen LogP contribution is 2.33.